The molecule has 0 aliphatic rings. The van der Waals surface area contributed by atoms with E-state index in [1.165, 1.54) is 5.01 Å². The Morgan fingerprint density at radius 1 is 1.60 bits per heavy atom. The first kappa shape index (κ1) is 8.21. The van der Waals surface area contributed by atoms with E-state index >= 15 is 0 Å². The van der Waals surface area contributed by atoms with Crippen LogP contribution >= 0.6 is 27.3 Å². The Labute approximate surface area is 73.6 Å². The molecule has 0 spiro atoms. The van der Waals surface area contributed by atoms with Crippen molar-refractivity contribution < 1.29 is 0 Å². The highest BCUT2D eigenvalue weighted by Crippen LogP contribution is 2.25. The second-order valence-corrected chi connectivity index (χ2v) is 4.71. The van der Waals surface area contributed by atoms with Gasteiger partial charge in [0.1, 0.15) is 0 Å². The van der Waals surface area contributed by atoms with Crippen LogP contribution in [0.2, 0.25) is 0 Å². The highest BCUT2D eigenvalue weighted by Gasteiger charge is 2.12. The molecule has 56 valence electrons. The maximum atomic E-state index is 4.23. The molecule has 0 fully saturated rings. The zero-order chi connectivity index (χ0) is 7.56. The SMILES string of the molecule is CC(Br)C(C)c1nccs1. The molecule has 2 atom stereocenters. The Balaban J connectivity index is 2.68. The molecule has 10 heavy (non-hydrogen) atoms. The average molecular weight is 220 g/mol. The van der Waals surface area contributed by atoms with Crippen LogP contribution in [-0.4, -0.2) is 9.81 Å². The minimum atomic E-state index is 0.513. The molecular weight excluding hydrogens is 210 g/mol. The summed E-state index contributed by atoms with van der Waals surface area (Å²) in [6.45, 7) is 4.32. The van der Waals surface area contributed by atoms with Gasteiger partial charge < -0.3 is 0 Å². The summed E-state index contributed by atoms with van der Waals surface area (Å²) in [7, 11) is 0. The molecule has 1 rings (SSSR count). The molecule has 0 aromatic carbocycles. The number of hydrogen-bond acceptors (Lipinski definition) is 2. The van der Waals surface area contributed by atoms with Crippen LogP contribution in [-0.2, 0) is 0 Å². The number of thiazole rings is 1. The Bertz CT molecular complexity index is 183. The van der Waals surface area contributed by atoms with Gasteiger partial charge in [-0.25, -0.2) is 4.98 Å². The van der Waals surface area contributed by atoms with Crippen molar-refractivity contribution in [1.82, 2.24) is 4.98 Å². The summed E-state index contributed by atoms with van der Waals surface area (Å²) >= 11 is 5.25. The van der Waals surface area contributed by atoms with Crippen molar-refractivity contribution in [1.29, 1.82) is 0 Å². The zero-order valence-electron chi connectivity index (χ0n) is 6.04. The van der Waals surface area contributed by atoms with Crippen LogP contribution in [0.25, 0.3) is 0 Å². The summed E-state index contributed by atoms with van der Waals surface area (Å²) in [6, 6.07) is 0. The Hall–Kier alpha value is 0.110. The van der Waals surface area contributed by atoms with E-state index in [-0.39, 0.29) is 0 Å². The normalized spacial score (nSPS) is 16.7. The summed E-state index contributed by atoms with van der Waals surface area (Å²) in [5.41, 5.74) is 0. The summed E-state index contributed by atoms with van der Waals surface area (Å²) in [4.78, 5) is 4.74. The van der Waals surface area contributed by atoms with E-state index in [9.17, 15) is 0 Å². The van der Waals surface area contributed by atoms with Gasteiger partial charge >= 0.3 is 0 Å². The molecule has 0 radical (unpaired) electrons. The Kier molecular flexibility index (Phi) is 2.86. The molecule has 0 N–H and O–H groups in total. The quantitative estimate of drug-likeness (QED) is 0.698. The molecule has 1 nitrogen and oxygen atoms in total. The predicted molar refractivity (Wildman–Crippen MR) is 48.9 cm³/mol. The molecule has 0 saturated heterocycles. The molecule has 3 heteroatoms. The molecular formula is C7H10BrNS. The van der Waals surface area contributed by atoms with E-state index in [1.54, 1.807) is 11.3 Å². The minimum absolute atomic E-state index is 0.513. The van der Waals surface area contributed by atoms with E-state index in [1.807, 2.05) is 11.6 Å². The topological polar surface area (TPSA) is 12.9 Å². The standard InChI is InChI=1S/C7H10BrNS/c1-5(6(2)8)7-9-3-4-10-7/h3-6H,1-2H3. The van der Waals surface area contributed by atoms with Gasteiger partial charge in [0.2, 0.25) is 0 Å². The first-order chi connectivity index (χ1) is 4.72. The van der Waals surface area contributed by atoms with Crippen molar-refractivity contribution in [2.75, 3.05) is 0 Å². The van der Waals surface area contributed by atoms with Crippen molar-refractivity contribution in [2.24, 2.45) is 0 Å². The smallest absolute Gasteiger partial charge is 0.0964 e. The van der Waals surface area contributed by atoms with Crippen LogP contribution in [0, 0.1) is 0 Å². The highest BCUT2D eigenvalue weighted by atomic mass is 79.9. The molecule has 1 aromatic rings. The van der Waals surface area contributed by atoms with Crippen molar-refractivity contribution in [2.45, 2.75) is 24.6 Å². The summed E-state index contributed by atoms with van der Waals surface area (Å²) < 4.78 is 0. The molecule has 0 amide bonds. The first-order valence-corrected chi connectivity index (χ1v) is 5.05. The van der Waals surface area contributed by atoms with Gasteiger partial charge in [0, 0.05) is 22.3 Å². The third kappa shape index (κ3) is 1.80. The van der Waals surface area contributed by atoms with Gasteiger partial charge in [0.15, 0.2) is 0 Å². The first-order valence-electron chi connectivity index (χ1n) is 3.25. The van der Waals surface area contributed by atoms with E-state index in [4.69, 9.17) is 0 Å². The second kappa shape index (κ2) is 3.49. The van der Waals surface area contributed by atoms with Gasteiger partial charge in [-0.15, -0.1) is 11.3 Å². The molecule has 2 unspecified atom stereocenters. The lowest BCUT2D eigenvalue weighted by atomic mass is 10.1. The molecule has 1 aromatic heterocycles. The highest BCUT2D eigenvalue weighted by molar-refractivity contribution is 9.09. The number of hydrogen-bond donors (Lipinski definition) is 0. The van der Waals surface area contributed by atoms with Crippen LogP contribution in [0.3, 0.4) is 0 Å². The minimum Gasteiger partial charge on any atom is -0.249 e. The fourth-order valence-electron chi connectivity index (χ4n) is 0.656. The van der Waals surface area contributed by atoms with E-state index in [0.717, 1.165) is 0 Å². The third-order valence-corrected chi connectivity index (χ3v) is 3.30. The average Bonchev–Trinajstić information content (AvgIpc) is 2.36. The summed E-state index contributed by atoms with van der Waals surface area (Å²) in [6.07, 6.45) is 1.85. The maximum Gasteiger partial charge on any atom is 0.0964 e. The largest absolute Gasteiger partial charge is 0.249 e. The van der Waals surface area contributed by atoms with Crippen LogP contribution < -0.4 is 0 Å². The van der Waals surface area contributed by atoms with Gasteiger partial charge in [-0.1, -0.05) is 29.8 Å². The molecule has 0 bridgehead atoms. The lowest BCUT2D eigenvalue weighted by molar-refractivity contribution is 0.753. The predicted octanol–water partition coefficient (Wildman–Crippen LogP) is 3.03. The van der Waals surface area contributed by atoms with Crippen molar-refractivity contribution in [3.8, 4) is 0 Å². The van der Waals surface area contributed by atoms with Crippen LogP contribution in [0.4, 0.5) is 0 Å². The van der Waals surface area contributed by atoms with E-state index in [2.05, 4.69) is 34.8 Å². The van der Waals surface area contributed by atoms with Crippen LogP contribution in [0.15, 0.2) is 11.6 Å². The lowest BCUT2D eigenvalue weighted by Crippen LogP contribution is -2.03. The number of alkyl halides is 1. The van der Waals surface area contributed by atoms with Crippen molar-refractivity contribution >= 4 is 27.3 Å². The van der Waals surface area contributed by atoms with Crippen LogP contribution in [0.5, 0.6) is 0 Å². The Morgan fingerprint density at radius 2 is 2.30 bits per heavy atom. The number of aromatic nitrogens is 1. The maximum absolute atomic E-state index is 4.23. The molecule has 0 aliphatic heterocycles. The van der Waals surface area contributed by atoms with Gasteiger partial charge in [-0.3, -0.25) is 0 Å². The van der Waals surface area contributed by atoms with Crippen molar-refractivity contribution in [3.63, 3.8) is 0 Å². The van der Waals surface area contributed by atoms with Crippen LogP contribution in [0.1, 0.15) is 24.8 Å². The molecule has 0 aliphatic carbocycles. The lowest BCUT2D eigenvalue weighted by Gasteiger charge is -2.09. The second-order valence-electron chi connectivity index (χ2n) is 2.34. The van der Waals surface area contributed by atoms with E-state index in [0.29, 0.717) is 10.7 Å². The zero-order valence-corrected chi connectivity index (χ0v) is 8.45. The Morgan fingerprint density at radius 3 is 2.70 bits per heavy atom. The summed E-state index contributed by atoms with van der Waals surface area (Å²) in [5.74, 6) is 0.528. The van der Waals surface area contributed by atoms with Gasteiger partial charge in [0.05, 0.1) is 5.01 Å². The monoisotopic (exact) mass is 219 g/mol. The number of halogens is 1. The fourth-order valence-corrected chi connectivity index (χ4v) is 1.88. The van der Waals surface area contributed by atoms with Gasteiger partial charge in [0.25, 0.3) is 0 Å². The summed E-state index contributed by atoms with van der Waals surface area (Å²) in [5, 5.41) is 3.23. The van der Waals surface area contributed by atoms with Crippen molar-refractivity contribution in [3.05, 3.63) is 16.6 Å². The number of nitrogens with zero attached hydrogens (tertiary/aromatic N) is 1. The van der Waals surface area contributed by atoms with Gasteiger partial charge in [-0.2, -0.15) is 0 Å². The fraction of sp³-hybridized carbons (Fsp3) is 0.571. The molecule has 0 saturated carbocycles. The third-order valence-electron chi connectivity index (χ3n) is 1.53. The van der Waals surface area contributed by atoms with Gasteiger partial charge in [-0.05, 0) is 0 Å². The number of rotatable bonds is 2. The molecule has 1 heterocycles. The van der Waals surface area contributed by atoms with E-state index < -0.39 is 0 Å².